The molecule has 6 heteroatoms. The van der Waals surface area contributed by atoms with E-state index in [0.29, 0.717) is 19.6 Å². The van der Waals surface area contributed by atoms with Crippen molar-refractivity contribution in [1.82, 2.24) is 9.03 Å². The van der Waals surface area contributed by atoms with Crippen molar-refractivity contribution in [3.63, 3.8) is 0 Å². The molecule has 0 radical (unpaired) electrons. The molecular formula is C9H19N3O2S. The van der Waals surface area contributed by atoms with E-state index < -0.39 is 10.2 Å². The van der Waals surface area contributed by atoms with Crippen molar-refractivity contribution in [2.45, 2.75) is 37.6 Å². The molecule has 0 aromatic carbocycles. The molecule has 1 aliphatic carbocycles. The Bertz CT molecular complexity index is 318. The number of piperidine rings is 1. The second-order valence-corrected chi connectivity index (χ2v) is 6.22. The summed E-state index contributed by atoms with van der Waals surface area (Å²) in [6.07, 6.45) is 4.81. The molecule has 5 nitrogen and oxygen atoms in total. The molecule has 1 saturated carbocycles. The van der Waals surface area contributed by atoms with Gasteiger partial charge in [-0.1, -0.05) is 6.42 Å². The van der Waals surface area contributed by atoms with Gasteiger partial charge in [0, 0.05) is 25.2 Å². The van der Waals surface area contributed by atoms with Crippen LogP contribution in [0.1, 0.15) is 32.1 Å². The van der Waals surface area contributed by atoms with Crippen LogP contribution in [-0.2, 0) is 10.2 Å². The predicted octanol–water partition coefficient (Wildman–Crippen LogP) is -0.202. The molecule has 15 heavy (non-hydrogen) atoms. The topological polar surface area (TPSA) is 75.4 Å². The van der Waals surface area contributed by atoms with Gasteiger partial charge < -0.3 is 5.73 Å². The lowest BCUT2D eigenvalue weighted by molar-refractivity contribution is 0.337. The maximum Gasteiger partial charge on any atom is 0.279 e. The van der Waals surface area contributed by atoms with Crippen LogP contribution in [0.3, 0.4) is 0 Å². The summed E-state index contributed by atoms with van der Waals surface area (Å²) in [6, 6.07) is 0. The molecule has 2 aliphatic rings. The van der Waals surface area contributed by atoms with Gasteiger partial charge in [-0.05, 0) is 25.7 Å². The molecule has 0 aromatic heterocycles. The summed E-state index contributed by atoms with van der Waals surface area (Å²) in [5.74, 6) is 0. The van der Waals surface area contributed by atoms with Gasteiger partial charge in [0.15, 0.2) is 0 Å². The highest BCUT2D eigenvalue weighted by molar-refractivity contribution is 7.87. The minimum atomic E-state index is -3.29. The Morgan fingerprint density at radius 2 is 1.80 bits per heavy atom. The molecule has 0 unspecified atom stereocenters. The van der Waals surface area contributed by atoms with Gasteiger partial charge in [0.2, 0.25) is 0 Å². The molecule has 0 aromatic rings. The van der Waals surface area contributed by atoms with E-state index in [2.05, 4.69) is 4.72 Å². The Morgan fingerprint density at radius 1 is 1.20 bits per heavy atom. The molecule has 1 heterocycles. The summed E-state index contributed by atoms with van der Waals surface area (Å²) in [5.41, 5.74) is 5.24. The van der Waals surface area contributed by atoms with E-state index in [9.17, 15) is 8.42 Å². The van der Waals surface area contributed by atoms with Crippen molar-refractivity contribution in [3.8, 4) is 0 Å². The van der Waals surface area contributed by atoms with Crippen LogP contribution in [-0.4, -0.2) is 37.9 Å². The average Bonchev–Trinajstić information content (AvgIpc) is 2.99. The number of rotatable bonds is 4. The summed E-state index contributed by atoms with van der Waals surface area (Å²) in [7, 11) is -3.29. The summed E-state index contributed by atoms with van der Waals surface area (Å²) in [6.45, 7) is 1.70. The fourth-order valence-electron chi connectivity index (χ4n) is 1.94. The normalized spacial score (nSPS) is 26.5. The minimum absolute atomic E-state index is 0.323. The van der Waals surface area contributed by atoms with Gasteiger partial charge in [-0.2, -0.15) is 17.4 Å². The van der Waals surface area contributed by atoms with E-state index in [-0.39, 0.29) is 5.54 Å². The van der Waals surface area contributed by atoms with E-state index in [1.54, 1.807) is 4.31 Å². The van der Waals surface area contributed by atoms with Gasteiger partial charge in [-0.3, -0.25) is 0 Å². The quantitative estimate of drug-likeness (QED) is 0.706. The van der Waals surface area contributed by atoms with Crippen molar-refractivity contribution in [2.75, 3.05) is 19.6 Å². The highest BCUT2D eigenvalue weighted by atomic mass is 32.2. The number of hydrogen-bond donors (Lipinski definition) is 2. The predicted molar refractivity (Wildman–Crippen MR) is 58.5 cm³/mol. The molecule has 1 saturated heterocycles. The fourth-order valence-corrected chi connectivity index (χ4v) is 3.64. The van der Waals surface area contributed by atoms with Crippen LogP contribution in [0.15, 0.2) is 0 Å². The molecule has 2 fully saturated rings. The zero-order valence-electron chi connectivity index (χ0n) is 8.91. The van der Waals surface area contributed by atoms with Crippen LogP contribution in [0.5, 0.6) is 0 Å². The van der Waals surface area contributed by atoms with Crippen molar-refractivity contribution in [2.24, 2.45) is 5.73 Å². The van der Waals surface area contributed by atoms with Crippen LogP contribution in [0.25, 0.3) is 0 Å². The zero-order chi connectivity index (χ0) is 10.9. The largest absolute Gasteiger partial charge is 0.329 e. The van der Waals surface area contributed by atoms with E-state index in [1.807, 2.05) is 0 Å². The number of nitrogens with two attached hydrogens (primary N) is 1. The Kier molecular flexibility index (Phi) is 3.03. The SMILES string of the molecule is NCC1(NS(=O)(=O)N2CCCCC2)CC1. The molecule has 1 aliphatic heterocycles. The van der Waals surface area contributed by atoms with Gasteiger partial charge in [-0.25, -0.2) is 0 Å². The fraction of sp³-hybridized carbons (Fsp3) is 1.00. The molecule has 0 atom stereocenters. The second-order valence-electron chi connectivity index (χ2n) is 4.55. The summed E-state index contributed by atoms with van der Waals surface area (Å²) >= 11 is 0. The van der Waals surface area contributed by atoms with Gasteiger partial charge in [0.25, 0.3) is 10.2 Å². The van der Waals surface area contributed by atoms with Crippen molar-refractivity contribution in [3.05, 3.63) is 0 Å². The molecule has 2 rings (SSSR count). The first-order valence-electron chi connectivity index (χ1n) is 5.57. The van der Waals surface area contributed by atoms with Crippen LogP contribution < -0.4 is 10.5 Å². The summed E-state index contributed by atoms with van der Waals surface area (Å²) in [4.78, 5) is 0. The second kappa shape index (κ2) is 4.01. The first kappa shape index (κ1) is 11.3. The Balaban J connectivity index is 1.99. The van der Waals surface area contributed by atoms with E-state index >= 15 is 0 Å². The van der Waals surface area contributed by atoms with Gasteiger partial charge in [0.1, 0.15) is 0 Å². The van der Waals surface area contributed by atoms with Crippen molar-refractivity contribution in [1.29, 1.82) is 0 Å². The smallest absolute Gasteiger partial charge is 0.279 e. The van der Waals surface area contributed by atoms with Gasteiger partial charge in [-0.15, -0.1) is 0 Å². The van der Waals surface area contributed by atoms with E-state index in [0.717, 1.165) is 32.1 Å². The third-order valence-electron chi connectivity index (χ3n) is 3.24. The van der Waals surface area contributed by atoms with Gasteiger partial charge in [0.05, 0.1) is 0 Å². The van der Waals surface area contributed by atoms with E-state index in [4.69, 9.17) is 5.73 Å². The Morgan fingerprint density at radius 3 is 2.27 bits per heavy atom. The number of nitrogens with zero attached hydrogens (tertiary/aromatic N) is 1. The van der Waals surface area contributed by atoms with Crippen LogP contribution in [0.2, 0.25) is 0 Å². The lowest BCUT2D eigenvalue weighted by Gasteiger charge is -2.28. The van der Waals surface area contributed by atoms with Crippen LogP contribution in [0.4, 0.5) is 0 Å². The highest BCUT2D eigenvalue weighted by Gasteiger charge is 2.45. The van der Waals surface area contributed by atoms with E-state index in [1.165, 1.54) is 0 Å². The number of nitrogens with one attached hydrogen (secondary N) is 1. The first-order chi connectivity index (χ1) is 7.08. The van der Waals surface area contributed by atoms with Gasteiger partial charge >= 0.3 is 0 Å². The minimum Gasteiger partial charge on any atom is -0.329 e. The zero-order valence-corrected chi connectivity index (χ0v) is 9.72. The maximum atomic E-state index is 12.0. The molecule has 88 valence electrons. The summed E-state index contributed by atoms with van der Waals surface area (Å²) < 4.78 is 28.2. The molecule has 0 amide bonds. The lowest BCUT2D eigenvalue weighted by Crippen LogP contribution is -2.50. The summed E-state index contributed by atoms with van der Waals surface area (Å²) in [5, 5.41) is 0. The van der Waals surface area contributed by atoms with Crippen molar-refractivity contribution < 1.29 is 8.42 Å². The molecule has 3 N–H and O–H groups in total. The maximum absolute atomic E-state index is 12.0. The van der Waals surface area contributed by atoms with Crippen LogP contribution in [0, 0.1) is 0 Å². The molecular weight excluding hydrogens is 214 g/mol. The van der Waals surface area contributed by atoms with Crippen LogP contribution >= 0.6 is 0 Å². The third kappa shape index (κ3) is 2.50. The third-order valence-corrected chi connectivity index (χ3v) is 4.98. The monoisotopic (exact) mass is 233 g/mol. The first-order valence-corrected chi connectivity index (χ1v) is 7.01. The molecule has 0 bridgehead atoms. The highest BCUT2D eigenvalue weighted by Crippen LogP contribution is 2.35. The van der Waals surface area contributed by atoms with Crippen molar-refractivity contribution >= 4 is 10.2 Å². The molecule has 0 spiro atoms. The standard InChI is InChI=1S/C9H19N3O2S/c10-8-9(4-5-9)11-15(13,14)12-6-2-1-3-7-12/h11H,1-8,10H2. The lowest BCUT2D eigenvalue weighted by atomic mass is 10.2. The number of hydrogen-bond acceptors (Lipinski definition) is 3. The Labute approximate surface area is 91.2 Å². The Hall–Kier alpha value is -0.170. The average molecular weight is 233 g/mol.